The number of nitrogens with two attached hydrogens (primary N) is 1. The van der Waals surface area contributed by atoms with Crippen LogP contribution in [0.1, 0.15) is 17.0 Å². The van der Waals surface area contributed by atoms with Gasteiger partial charge in [-0.05, 0) is 37.1 Å². The second kappa shape index (κ2) is 6.63. The molecule has 1 heterocycles. The standard InChI is InChI=1S/C14H15ClN4S/c1-9-8-12(13(16)20)19-14(18-9)17-7-6-10-2-4-11(15)5-3-10/h2-5,8H,6-7H2,1H3,(H2,16,20)(H,17,18,19). The fraction of sp³-hybridized carbons (Fsp3) is 0.214. The van der Waals surface area contributed by atoms with Gasteiger partial charge in [0.25, 0.3) is 0 Å². The number of aryl methyl sites for hydroxylation is 1. The van der Waals surface area contributed by atoms with Crippen LogP contribution in [0.4, 0.5) is 5.95 Å². The molecule has 20 heavy (non-hydrogen) atoms. The van der Waals surface area contributed by atoms with Crippen molar-refractivity contribution in [1.29, 1.82) is 0 Å². The topological polar surface area (TPSA) is 63.8 Å². The highest BCUT2D eigenvalue weighted by atomic mass is 35.5. The molecule has 0 fully saturated rings. The maximum atomic E-state index is 5.85. The van der Waals surface area contributed by atoms with Gasteiger partial charge in [-0.25, -0.2) is 9.97 Å². The zero-order valence-corrected chi connectivity index (χ0v) is 12.6. The minimum atomic E-state index is 0.274. The molecule has 2 aromatic rings. The minimum Gasteiger partial charge on any atom is -0.388 e. The van der Waals surface area contributed by atoms with Gasteiger partial charge in [-0.15, -0.1) is 0 Å². The summed E-state index contributed by atoms with van der Waals surface area (Å²) in [5, 5.41) is 3.91. The number of benzene rings is 1. The maximum Gasteiger partial charge on any atom is 0.223 e. The highest BCUT2D eigenvalue weighted by Gasteiger charge is 2.04. The van der Waals surface area contributed by atoms with E-state index in [1.165, 1.54) is 5.56 Å². The summed E-state index contributed by atoms with van der Waals surface area (Å²) >= 11 is 10.8. The van der Waals surface area contributed by atoms with Gasteiger partial charge in [-0.1, -0.05) is 36.0 Å². The molecule has 0 aliphatic rings. The third kappa shape index (κ3) is 4.15. The van der Waals surface area contributed by atoms with Crippen LogP contribution in [-0.2, 0) is 6.42 Å². The molecule has 0 saturated heterocycles. The largest absolute Gasteiger partial charge is 0.388 e. The average Bonchev–Trinajstić information content (AvgIpc) is 2.40. The van der Waals surface area contributed by atoms with E-state index in [2.05, 4.69) is 15.3 Å². The summed E-state index contributed by atoms with van der Waals surface area (Å²) in [5.41, 5.74) is 8.20. The second-order valence-electron chi connectivity index (χ2n) is 4.39. The van der Waals surface area contributed by atoms with Crippen LogP contribution in [0.15, 0.2) is 30.3 Å². The van der Waals surface area contributed by atoms with Crippen molar-refractivity contribution in [2.75, 3.05) is 11.9 Å². The number of rotatable bonds is 5. The molecule has 0 amide bonds. The molecule has 0 aliphatic carbocycles. The van der Waals surface area contributed by atoms with Crippen LogP contribution < -0.4 is 11.1 Å². The number of nitrogens with one attached hydrogen (secondary N) is 1. The Hall–Kier alpha value is -1.72. The SMILES string of the molecule is Cc1cc(C(N)=S)nc(NCCc2ccc(Cl)cc2)n1. The van der Waals surface area contributed by atoms with Crippen molar-refractivity contribution in [2.24, 2.45) is 5.73 Å². The van der Waals surface area contributed by atoms with Crippen molar-refractivity contribution >= 4 is 34.8 Å². The Labute approximate surface area is 128 Å². The average molecular weight is 307 g/mol. The number of thiocarbonyl (C=S) groups is 1. The van der Waals surface area contributed by atoms with E-state index in [9.17, 15) is 0 Å². The summed E-state index contributed by atoms with van der Waals surface area (Å²) in [4.78, 5) is 8.85. The zero-order chi connectivity index (χ0) is 14.5. The molecule has 1 aromatic heterocycles. The molecule has 3 N–H and O–H groups in total. The van der Waals surface area contributed by atoms with Crippen LogP contribution in [0.25, 0.3) is 0 Å². The highest BCUT2D eigenvalue weighted by molar-refractivity contribution is 7.80. The maximum absolute atomic E-state index is 5.85. The fourth-order valence-electron chi connectivity index (χ4n) is 1.74. The Morgan fingerprint density at radius 1 is 1.30 bits per heavy atom. The summed E-state index contributed by atoms with van der Waals surface area (Å²) in [7, 11) is 0. The van der Waals surface area contributed by atoms with Gasteiger partial charge in [0.2, 0.25) is 5.95 Å². The van der Waals surface area contributed by atoms with Crippen molar-refractivity contribution in [3.63, 3.8) is 0 Å². The van der Waals surface area contributed by atoms with Gasteiger partial charge in [-0.2, -0.15) is 0 Å². The van der Waals surface area contributed by atoms with E-state index in [4.69, 9.17) is 29.6 Å². The summed E-state index contributed by atoms with van der Waals surface area (Å²) < 4.78 is 0. The Balaban J connectivity index is 1.97. The van der Waals surface area contributed by atoms with Crippen LogP contribution >= 0.6 is 23.8 Å². The lowest BCUT2D eigenvalue weighted by molar-refractivity contribution is 0.972. The number of hydrogen-bond donors (Lipinski definition) is 2. The fourth-order valence-corrected chi connectivity index (χ4v) is 1.97. The molecule has 104 valence electrons. The van der Waals surface area contributed by atoms with Gasteiger partial charge < -0.3 is 11.1 Å². The lowest BCUT2D eigenvalue weighted by Crippen LogP contribution is -2.15. The summed E-state index contributed by atoms with van der Waals surface area (Å²) in [5.74, 6) is 0.543. The first-order chi connectivity index (χ1) is 9.54. The van der Waals surface area contributed by atoms with E-state index in [1.54, 1.807) is 6.07 Å². The van der Waals surface area contributed by atoms with Crippen LogP contribution in [-0.4, -0.2) is 21.5 Å². The van der Waals surface area contributed by atoms with Gasteiger partial charge in [-0.3, -0.25) is 0 Å². The first kappa shape index (κ1) is 14.7. The molecule has 4 nitrogen and oxygen atoms in total. The molecule has 2 rings (SSSR count). The smallest absolute Gasteiger partial charge is 0.223 e. The molecular weight excluding hydrogens is 292 g/mol. The molecule has 0 spiro atoms. The number of anilines is 1. The predicted octanol–water partition coefficient (Wildman–Crippen LogP) is 2.73. The number of halogens is 1. The van der Waals surface area contributed by atoms with E-state index in [0.717, 1.165) is 23.7 Å². The van der Waals surface area contributed by atoms with Crippen LogP contribution in [0.3, 0.4) is 0 Å². The number of hydrogen-bond acceptors (Lipinski definition) is 4. The number of aromatic nitrogens is 2. The van der Waals surface area contributed by atoms with Gasteiger partial charge in [0.05, 0.1) is 0 Å². The van der Waals surface area contributed by atoms with Crippen molar-refractivity contribution in [3.05, 3.63) is 52.3 Å². The van der Waals surface area contributed by atoms with Gasteiger partial charge >= 0.3 is 0 Å². The van der Waals surface area contributed by atoms with E-state index in [1.807, 2.05) is 31.2 Å². The van der Waals surface area contributed by atoms with E-state index >= 15 is 0 Å². The Morgan fingerprint density at radius 2 is 2.00 bits per heavy atom. The van der Waals surface area contributed by atoms with E-state index in [-0.39, 0.29) is 4.99 Å². The molecule has 0 unspecified atom stereocenters. The molecule has 0 saturated carbocycles. The van der Waals surface area contributed by atoms with Gasteiger partial charge in [0.15, 0.2) is 0 Å². The molecule has 6 heteroatoms. The minimum absolute atomic E-state index is 0.274. The molecule has 0 atom stereocenters. The van der Waals surface area contributed by atoms with Crippen molar-refractivity contribution in [1.82, 2.24) is 9.97 Å². The lowest BCUT2D eigenvalue weighted by Gasteiger charge is -2.07. The van der Waals surface area contributed by atoms with Crippen molar-refractivity contribution in [2.45, 2.75) is 13.3 Å². The first-order valence-electron chi connectivity index (χ1n) is 6.18. The molecule has 1 aromatic carbocycles. The highest BCUT2D eigenvalue weighted by Crippen LogP contribution is 2.10. The van der Waals surface area contributed by atoms with Crippen LogP contribution in [0.5, 0.6) is 0 Å². The van der Waals surface area contributed by atoms with Crippen molar-refractivity contribution in [3.8, 4) is 0 Å². The van der Waals surface area contributed by atoms with Crippen LogP contribution in [0.2, 0.25) is 5.02 Å². The Kier molecular flexibility index (Phi) is 4.87. The van der Waals surface area contributed by atoms with Crippen molar-refractivity contribution < 1.29 is 0 Å². The summed E-state index contributed by atoms with van der Waals surface area (Å²) in [6.07, 6.45) is 0.858. The van der Waals surface area contributed by atoms with E-state index in [0.29, 0.717) is 11.6 Å². The Morgan fingerprint density at radius 3 is 2.65 bits per heavy atom. The zero-order valence-electron chi connectivity index (χ0n) is 11.1. The summed E-state index contributed by atoms with van der Waals surface area (Å²) in [6, 6.07) is 9.53. The van der Waals surface area contributed by atoms with Crippen LogP contribution in [0, 0.1) is 6.92 Å². The summed E-state index contributed by atoms with van der Waals surface area (Å²) in [6.45, 7) is 2.61. The van der Waals surface area contributed by atoms with E-state index < -0.39 is 0 Å². The van der Waals surface area contributed by atoms with Gasteiger partial charge in [0, 0.05) is 17.3 Å². The monoisotopic (exact) mass is 306 g/mol. The normalized spacial score (nSPS) is 10.3. The quantitative estimate of drug-likeness (QED) is 0.832. The number of nitrogens with zero attached hydrogens (tertiary/aromatic N) is 2. The molecular formula is C14H15ClN4S. The third-order valence-corrected chi connectivity index (χ3v) is 3.18. The molecule has 0 aliphatic heterocycles. The third-order valence-electron chi connectivity index (χ3n) is 2.72. The second-order valence-corrected chi connectivity index (χ2v) is 5.26. The molecule has 0 bridgehead atoms. The van der Waals surface area contributed by atoms with Gasteiger partial charge in [0.1, 0.15) is 10.7 Å². The Bertz CT molecular complexity index is 613. The molecule has 0 radical (unpaired) electrons. The predicted molar refractivity (Wildman–Crippen MR) is 86.3 cm³/mol. The lowest BCUT2D eigenvalue weighted by atomic mass is 10.1. The first-order valence-corrected chi connectivity index (χ1v) is 6.97.